The molecule has 25 heavy (non-hydrogen) atoms. The molecule has 128 valence electrons. The zero-order valence-corrected chi connectivity index (χ0v) is 14.7. The lowest BCUT2D eigenvalue weighted by Crippen LogP contribution is -2.12. The van der Waals surface area contributed by atoms with Crippen LogP contribution in [0.25, 0.3) is 11.3 Å². The third-order valence-electron chi connectivity index (χ3n) is 3.67. The molecule has 0 saturated carbocycles. The van der Waals surface area contributed by atoms with Gasteiger partial charge in [-0.25, -0.2) is 13.4 Å². The molecule has 1 N–H and O–H groups in total. The Labute approximate surface area is 147 Å². The van der Waals surface area contributed by atoms with E-state index >= 15 is 0 Å². The number of sulfonamides is 1. The zero-order chi connectivity index (χ0) is 17.9. The monoisotopic (exact) mass is 354 g/mol. The highest BCUT2D eigenvalue weighted by Gasteiger charge is 2.14. The van der Waals surface area contributed by atoms with E-state index in [-0.39, 0.29) is 4.90 Å². The maximum Gasteiger partial charge on any atom is 0.261 e. The summed E-state index contributed by atoms with van der Waals surface area (Å²) in [7, 11) is -2.08. The van der Waals surface area contributed by atoms with Crippen LogP contribution in [0, 0.1) is 6.92 Å². The molecular weight excluding hydrogens is 336 g/mol. The van der Waals surface area contributed by atoms with Crippen LogP contribution in [0.2, 0.25) is 0 Å². The molecule has 0 bridgehead atoms. The molecule has 0 aliphatic heterocycles. The molecule has 2 aromatic carbocycles. The summed E-state index contributed by atoms with van der Waals surface area (Å²) in [5.74, 6) is 0.503. The van der Waals surface area contributed by atoms with E-state index in [1.54, 1.807) is 55.6 Å². The quantitative estimate of drug-likeness (QED) is 0.755. The number of aryl methyl sites for hydroxylation is 1. The van der Waals surface area contributed by atoms with Crippen molar-refractivity contribution >= 4 is 15.7 Å². The second-order valence-electron chi connectivity index (χ2n) is 5.56. The number of pyridine rings is 1. The molecule has 3 rings (SSSR count). The Morgan fingerprint density at radius 3 is 2.40 bits per heavy atom. The van der Waals surface area contributed by atoms with Gasteiger partial charge in [0.2, 0.25) is 5.88 Å². The smallest absolute Gasteiger partial charge is 0.261 e. The number of nitrogens with one attached hydrogen (secondary N) is 1. The predicted octanol–water partition coefficient (Wildman–Crippen LogP) is 3.87. The molecule has 0 aliphatic carbocycles. The number of hydrogen-bond donors (Lipinski definition) is 1. The van der Waals surface area contributed by atoms with Gasteiger partial charge < -0.3 is 4.74 Å². The van der Waals surface area contributed by atoms with Crippen molar-refractivity contribution in [3.8, 4) is 17.1 Å². The Hall–Kier alpha value is -2.86. The van der Waals surface area contributed by atoms with Crippen LogP contribution in [0.3, 0.4) is 0 Å². The van der Waals surface area contributed by atoms with Crippen LogP contribution in [0.15, 0.2) is 71.6 Å². The summed E-state index contributed by atoms with van der Waals surface area (Å²) in [6.45, 7) is 1.91. The van der Waals surface area contributed by atoms with Gasteiger partial charge in [0.15, 0.2) is 0 Å². The summed E-state index contributed by atoms with van der Waals surface area (Å²) in [5, 5.41) is 0. The van der Waals surface area contributed by atoms with E-state index in [0.29, 0.717) is 17.3 Å². The van der Waals surface area contributed by atoms with E-state index in [9.17, 15) is 8.42 Å². The molecule has 0 radical (unpaired) electrons. The molecule has 5 nitrogen and oxygen atoms in total. The van der Waals surface area contributed by atoms with Crippen LogP contribution in [0.1, 0.15) is 5.56 Å². The fourth-order valence-electron chi connectivity index (χ4n) is 2.36. The number of ether oxygens (including phenoxy) is 1. The second-order valence-corrected chi connectivity index (χ2v) is 7.25. The molecule has 3 aromatic rings. The number of hydrogen-bond acceptors (Lipinski definition) is 4. The van der Waals surface area contributed by atoms with Gasteiger partial charge in [0.1, 0.15) is 0 Å². The zero-order valence-electron chi connectivity index (χ0n) is 13.9. The van der Waals surface area contributed by atoms with Crippen LogP contribution >= 0.6 is 0 Å². The number of aromatic nitrogens is 1. The minimum atomic E-state index is -3.64. The topological polar surface area (TPSA) is 68.3 Å². The Kier molecular flexibility index (Phi) is 4.72. The fraction of sp³-hybridized carbons (Fsp3) is 0.105. The van der Waals surface area contributed by atoms with Gasteiger partial charge in [0.25, 0.3) is 10.0 Å². The first-order valence-corrected chi connectivity index (χ1v) is 9.17. The molecule has 0 aliphatic rings. The summed E-state index contributed by atoms with van der Waals surface area (Å²) in [4.78, 5) is 4.59. The molecule has 0 saturated heterocycles. The summed E-state index contributed by atoms with van der Waals surface area (Å²) < 4.78 is 32.8. The normalized spacial score (nSPS) is 11.1. The maximum atomic E-state index is 12.5. The Morgan fingerprint density at radius 1 is 0.960 bits per heavy atom. The second kappa shape index (κ2) is 6.94. The van der Waals surface area contributed by atoms with Crippen molar-refractivity contribution in [2.45, 2.75) is 11.8 Å². The third-order valence-corrected chi connectivity index (χ3v) is 5.07. The number of methoxy groups -OCH3 is 1. The van der Waals surface area contributed by atoms with Gasteiger partial charge in [0.05, 0.1) is 17.7 Å². The van der Waals surface area contributed by atoms with Gasteiger partial charge in [-0.1, -0.05) is 35.9 Å². The lowest BCUT2D eigenvalue weighted by atomic mass is 10.1. The summed E-state index contributed by atoms with van der Waals surface area (Å²) in [5.41, 5.74) is 2.98. The standard InChI is InChI=1S/C19H18N2O3S/c1-14-9-11-17(12-10-14)25(22,23)21-16-6-3-5-15(13-16)18-7-4-8-19(20-18)24-2/h3-13,21H,1-2H3. The number of anilines is 1. The highest BCUT2D eigenvalue weighted by atomic mass is 32.2. The van der Waals surface area contributed by atoms with Crippen molar-refractivity contribution in [3.05, 3.63) is 72.3 Å². The van der Waals surface area contributed by atoms with Gasteiger partial charge in [0, 0.05) is 17.3 Å². The van der Waals surface area contributed by atoms with Crippen molar-refractivity contribution in [3.63, 3.8) is 0 Å². The van der Waals surface area contributed by atoms with E-state index < -0.39 is 10.0 Å². The molecule has 6 heteroatoms. The first kappa shape index (κ1) is 17.0. The first-order chi connectivity index (χ1) is 12.0. The van der Waals surface area contributed by atoms with Crippen LogP contribution in [-0.4, -0.2) is 20.5 Å². The van der Waals surface area contributed by atoms with E-state index in [0.717, 1.165) is 11.1 Å². The van der Waals surface area contributed by atoms with Crippen LogP contribution in [0.4, 0.5) is 5.69 Å². The molecule has 1 aromatic heterocycles. The molecule has 0 atom stereocenters. The number of nitrogens with zero attached hydrogens (tertiary/aromatic N) is 1. The van der Waals surface area contributed by atoms with Gasteiger partial charge in [-0.05, 0) is 37.3 Å². The highest BCUT2D eigenvalue weighted by molar-refractivity contribution is 7.92. The van der Waals surface area contributed by atoms with Gasteiger partial charge in [-0.2, -0.15) is 0 Å². The van der Waals surface area contributed by atoms with E-state index in [4.69, 9.17) is 4.74 Å². The largest absolute Gasteiger partial charge is 0.481 e. The van der Waals surface area contributed by atoms with Crippen molar-refractivity contribution in [1.29, 1.82) is 0 Å². The van der Waals surface area contributed by atoms with Crippen molar-refractivity contribution in [2.24, 2.45) is 0 Å². The van der Waals surface area contributed by atoms with Crippen molar-refractivity contribution < 1.29 is 13.2 Å². The molecule has 0 unspecified atom stereocenters. The molecule has 0 fully saturated rings. The molecular formula is C19H18N2O3S. The van der Waals surface area contributed by atoms with Crippen molar-refractivity contribution in [2.75, 3.05) is 11.8 Å². The first-order valence-electron chi connectivity index (χ1n) is 7.69. The summed E-state index contributed by atoms with van der Waals surface area (Å²) in [6.07, 6.45) is 0. The van der Waals surface area contributed by atoms with Gasteiger partial charge in [-0.15, -0.1) is 0 Å². The third kappa shape index (κ3) is 3.97. The maximum absolute atomic E-state index is 12.5. The Bertz CT molecular complexity index is 984. The van der Waals surface area contributed by atoms with E-state index in [1.807, 2.05) is 25.1 Å². The average Bonchev–Trinajstić information content (AvgIpc) is 2.62. The van der Waals surface area contributed by atoms with Crippen LogP contribution < -0.4 is 9.46 Å². The number of benzene rings is 2. The van der Waals surface area contributed by atoms with Crippen molar-refractivity contribution in [1.82, 2.24) is 4.98 Å². The molecule has 1 heterocycles. The minimum Gasteiger partial charge on any atom is -0.481 e. The molecule has 0 spiro atoms. The fourth-order valence-corrected chi connectivity index (χ4v) is 3.41. The average molecular weight is 354 g/mol. The molecule has 0 amide bonds. The minimum absolute atomic E-state index is 0.225. The predicted molar refractivity (Wildman–Crippen MR) is 98.2 cm³/mol. The summed E-state index contributed by atoms with van der Waals surface area (Å²) in [6, 6.07) is 19.2. The van der Waals surface area contributed by atoms with Gasteiger partial charge >= 0.3 is 0 Å². The van der Waals surface area contributed by atoms with Crippen LogP contribution in [0.5, 0.6) is 5.88 Å². The van der Waals surface area contributed by atoms with Crippen LogP contribution in [-0.2, 0) is 10.0 Å². The SMILES string of the molecule is COc1cccc(-c2cccc(NS(=O)(=O)c3ccc(C)cc3)c2)n1. The number of rotatable bonds is 5. The van der Waals surface area contributed by atoms with E-state index in [2.05, 4.69) is 9.71 Å². The highest BCUT2D eigenvalue weighted by Crippen LogP contribution is 2.24. The summed E-state index contributed by atoms with van der Waals surface area (Å²) >= 11 is 0. The van der Waals surface area contributed by atoms with E-state index in [1.165, 1.54) is 0 Å². The lowest BCUT2D eigenvalue weighted by molar-refractivity contribution is 0.398. The Balaban J connectivity index is 1.90. The Morgan fingerprint density at radius 2 is 1.68 bits per heavy atom. The van der Waals surface area contributed by atoms with Gasteiger partial charge in [-0.3, -0.25) is 4.72 Å². The lowest BCUT2D eigenvalue weighted by Gasteiger charge is -2.10.